The van der Waals surface area contributed by atoms with Crippen LogP contribution in [0.3, 0.4) is 0 Å². The van der Waals surface area contributed by atoms with Gasteiger partial charge in [0.2, 0.25) is 0 Å². The van der Waals surface area contributed by atoms with Gasteiger partial charge >= 0.3 is 0 Å². The largest absolute Gasteiger partial charge is 0.238 e. The summed E-state index contributed by atoms with van der Waals surface area (Å²) in [6.45, 7) is 2.03. The number of benzene rings is 1. The number of aromatic nitrogens is 3. The SMILES string of the molecule is Cc1nc2c(SCc3ccc(Br)cc3)nnc(-c3cccs3)c2s1. The maximum absolute atomic E-state index is 4.70. The first-order valence-electron chi connectivity index (χ1n) is 7.25. The second-order valence-corrected chi connectivity index (χ2v) is 9.19. The Morgan fingerprint density at radius 2 is 1.96 bits per heavy atom. The number of thiazole rings is 1. The molecule has 0 N–H and O–H groups in total. The van der Waals surface area contributed by atoms with Crippen LogP contribution in [-0.4, -0.2) is 15.2 Å². The molecule has 3 nitrogen and oxygen atoms in total. The third-order valence-electron chi connectivity index (χ3n) is 3.44. The topological polar surface area (TPSA) is 38.7 Å². The average Bonchev–Trinajstić information content (AvgIpc) is 3.23. The van der Waals surface area contributed by atoms with Gasteiger partial charge in [-0.25, -0.2) is 4.98 Å². The van der Waals surface area contributed by atoms with E-state index in [1.165, 1.54) is 5.56 Å². The first kappa shape index (κ1) is 16.2. The molecule has 4 aromatic rings. The van der Waals surface area contributed by atoms with Gasteiger partial charge in [-0.05, 0) is 36.1 Å². The minimum atomic E-state index is 0.853. The van der Waals surface area contributed by atoms with Crippen molar-refractivity contribution in [3.63, 3.8) is 0 Å². The number of halogens is 1. The average molecular weight is 434 g/mol. The van der Waals surface area contributed by atoms with E-state index in [9.17, 15) is 0 Å². The van der Waals surface area contributed by atoms with Crippen LogP contribution in [0.2, 0.25) is 0 Å². The standard InChI is InChI=1S/C17H12BrN3S3/c1-10-19-15-16(24-10)14(13-3-2-8-22-13)20-21-17(15)23-9-11-4-6-12(18)7-5-11/h2-8H,9H2,1H3. The number of fused-ring (bicyclic) bond motifs is 1. The molecular formula is C17H12BrN3S3. The van der Waals surface area contributed by atoms with Crippen molar-refractivity contribution in [2.24, 2.45) is 0 Å². The Kier molecular flexibility index (Phi) is 4.67. The quantitative estimate of drug-likeness (QED) is 0.360. The minimum absolute atomic E-state index is 0.853. The lowest BCUT2D eigenvalue weighted by Gasteiger charge is -2.04. The van der Waals surface area contributed by atoms with Gasteiger partial charge in [0.1, 0.15) is 16.2 Å². The molecule has 0 radical (unpaired) electrons. The molecule has 0 amide bonds. The van der Waals surface area contributed by atoms with Crippen molar-refractivity contribution in [3.8, 4) is 10.6 Å². The molecule has 0 spiro atoms. The highest BCUT2D eigenvalue weighted by Crippen LogP contribution is 2.37. The highest BCUT2D eigenvalue weighted by molar-refractivity contribution is 9.10. The van der Waals surface area contributed by atoms with E-state index in [4.69, 9.17) is 4.98 Å². The Balaban J connectivity index is 1.69. The van der Waals surface area contributed by atoms with Crippen LogP contribution in [0.5, 0.6) is 0 Å². The Hall–Kier alpha value is -1.28. The number of hydrogen-bond donors (Lipinski definition) is 0. The van der Waals surface area contributed by atoms with Gasteiger partial charge in [-0.2, -0.15) is 0 Å². The molecule has 1 aromatic carbocycles. The third kappa shape index (κ3) is 3.26. The summed E-state index contributed by atoms with van der Waals surface area (Å²) in [5.41, 5.74) is 3.17. The molecule has 0 fully saturated rings. The first-order valence-corrected chi connectivity index (χ1v) is 10.7. The van der Waals surface area contributed by atoms with E-state index in [1.807, 2.05) is 13.0 Å². The van der Waals surface area contributed by atoms with Gasteiger partial charge in [-0.15, -0.1) is 32.9 Å². The van der Waals surface area contributed by atoms with Crippen molar-refractivity contribution in [2.45, 2.75) is 17.7 Å². The second kappa shape index (κ2) is 6.92. The number of nitrogens with zero attached hydrogens (tertiary/aromatic N) is 3. The van der Waals surface area contributed by atoms with E-state index in [-0.39, 0.29) is 0 Å². The van der Waals surface area contributed by atoms with E-state index < -0.39 is 0 Å². The zero-order valence-electron chi connectivity index (χ0n) is 12.7. The van der Waals surface area contributed by atoms with Gasteiger partial charge in [0.05, 0.1) is 14.6 Å². The minimum Gasteiger partial charge on any atom is -0.238 e. The summed E-state index contributed by atoms with van der Waals surface area (Å²) in [4.78, 5) is 5.84. The molecule has 3 aromatic heterocycles. The number of thioether (sulfide) groups is 1. The fourth-order valence-electron chi connectivity index (χ4n) is 2.32. The maximum Gasteiger partial charge on any atom is 0.146 e. The third-order valence-corrected chi connectivity index (χ3v) is 6.84. The molecule has 0 aliphatic carbocycles. The first-order chi connectivity index (χ1) is 11.7. The van der Waals surface area contributed by atoms with Crippen molar-refractivity contribution in [3.05, 3.63) is 56.8 Å². The van der Waals surface area contributed by atoms with Crippen LogP contribution >= 0.6 is 50.4 Å². The Morgan fingerprint density at radius 3 is 2.71 bits per heavy atom. The van der Waals surface area contributed by atoms with E-state index in [0.717, 1.165) is 41.0 Å². The molecular weight excluding hydrogens is 422 g/mol. The summed E-state index contributed by atoms with van der Waals surface area (Å²) in [6, 6.07) is 12.5. The summed E-state index contributed by atoms with van der Waals surface area (Å²) in [5.74, 6) is 0.853. The van der Waals surface area contributed by atoms with Crippen molar-refractivity contribution in [1.29, 1.82) is 0 Å². The predicted octanol–water partition coefficient (Wildman–Crippen LogP) is 6.18. The molecule has 0 bridgehead atoms. The van der Waals surface area contributed by atoms with Crippen molar-refractivity contribution >= 4 is 60.6 Å². The number of thiophene rings is 1. The van der Waals surface area contributed by atoms with Crippen molar-refractivity contribution in [2.75, 3.05) is 0 Å². The Morgan fingerprint density at radius 1 is 1.12 bits per heavy atom. The summed E-state index contributed by atoms with van der Waals surface area (Å²) in [7, 11) is 0. The number of hydrogen-bond acceptors (Lipinski definition) is 6. The molecule has 0 unspecified atom stereocenters. The molecule has 4 rings (SSSR count). The highest BCUT2D eigenvalue weighted by atomic mass is 79.9. The normalized spacial score (nSPS) is 11.2. The van der Waals surface area contributed by atoms with Crippen LogP contribution in [0, 0.1) is 6.92 Å². The van der Waals surface area contributed by atoms with E-state index in [0.29, 0.717) is 0 Å². The molecule has 7 heteroatoms. The zero-order valence-corrected chi connectivity index (χ0v) is 16.7. The molecule has 0 saturated heterocycles. The van der Waals surface area contributed by atoms with Crippen molar-refractivity contribution < 1.29 is 0 Å². The Labute approximate surface area is 160 Å². The van der Waals surface area contributed by atoms with Gasteiger partial charge in [-0.3, -0.25) is 0 Å². The molecule has 0 aliphatic rings. The van der Waals surface area contributed by atoms with Crippen LogP contribution in [0.4, 0.5) is 0 Å². The molecule has 0 saturated carbocycles. The monoisotopic (exact) mass is 433 g/mol. The van der Waals surface area contributed by atoms with Crippen LogP contribution in [0.15, 0.2) is 51.3 Å². The van der Waals surface area contributed by atoms with Crippen LogP contribution in [0.25, 0.3) is 20.8 Å². The molecule has 0 atom stereocenters. The lowest BCUT2D eigenvalue weighted by atomic mass is 10.2. The van der Waals surface area contributed by atoms with Gasteiger partial charge < -0.3 is 0 Å². The van der Waals surface area contributed by atoms with E-state index >= 15 is 0 Å². The fraction of sp³-hybridized carbons (Fsp3) is 0.118. The maximum atomic E-state index is 4.70. The summed E-state index contributed by atoms with van der Waals surface area (Å²) < 4.78 is 2.22. The van der Waals surface area contributed by atoms with Crippen LogP contribution in [-0.2, 0) is 5.75 Å². The van der Waals surface area contributed by atoms with Gasteiger partial charge in [0.15, 0.2) is 0 Å². The zero-order chi connectivity index (χ0) is 16.5. The highest BCUT2D eigenvalue weighted by Gasteiger charge is 2.16. The second-order valence-electron chi connectivity index (χ2n) is 5.16. The lowest BCUT2D eigenvalue weighted by molar-refractivity contribution is 0.957. The van der Waals surface area contributed by atoms with Gasteiger partial charge in [-0.1, -0.05) is 45.9 Å². The molecule has 3 heterocycles. The van der Waals surface area contributed by atoms with Gasteiger partial charge in [0.25, 0.3) is 0 Å². The van der Waals surface area contributed by atoms with Gasteiger partial charge in [0, 0.05) is 10.2 Å². The summed E-state index contributed by atoms with van der Waals surface area (Å²) in [5, 5.41) is 13.0. The van der Waals surface area contributed by atoms with Crippen molar-refractivity contribution in [1.82, 2.24) is 15.2 Å². The molecule has 24 heavy (non-hydrogen) atoms. The fourth-order valence-corrected chi connectivity index (χ4v) is 5.23. The van der Waals surface area contributed by atoms with Crippen LogP contribution in [0.1, 0.15) is 10.6 Å². The lowest BCUT2D eigenvalue weighted by Crippen LogP contribution is -1.92. The summed E-state index contributed by atoms with van der Waals surface area (Å²) in [6.07, 6.45) is 0. The molecule has 0 aliphatic heterocycles. The number of aryl methyl sites for hydroxylation is 1. The van der Waals surface area contributed by atoms with Crippen LogP contribution < -0.4 is 0 Å². The summed E-state index contributed by atoms with van der Waals surface area (Å²) >= 11 is 8.52. The van der Waals surface area contributed by atoms with E-state index in [2.05, 4.69) is 61.8 Å². The smallest absolute Gasteiger partial charge is 0.146 e. The predicted molar refractivity (Wildman–Crippen MR) is 107 cm³/mol. The Bertz CT molecular complexity index is 978. The molecule has 120 valence electrons. The van der Waals surface area contributed by atoms with E-state index in [1.54, 1.807) is 34.4 Å². The number of rotatable bonds is 4.